The molecule has 0 aromatic heterocycles. The van der Waals surface area contributed by atoms with E-state index in [1.807, 2.05) is 6.92 Å². The van der Waals surface area contributed by atoms with Gasteiger partial charge in [0.1, 0.15) is 0 Å². The Morgan fingerprint density at radius 1 is 1.67 bits per heavy atom. The molecular weight excluding hydrogens is 159 g/mol. The second-order valence-electron chi connectivity index (χ2n) is 1.81. The minimum atomic E-state index is -3.82. The first kappa shape index (κ1) is 9.50. The topological polar surface area (TPSA) is 57.5 Å². The van der Waals surface area contributed by atoms with Crippen LogP contribution in [0.1, 0.15) is 20.3 Å². The predicted molar refractivity (Wildman–Crippen MR) is 39.4 cm³/mol. The van der Waals surface area contributed by atoms with Crippen LogP contribution >= 0.6 is 18.2 Å². The Morgan fingerprint density at radius 2 is 2.11 bits per heavy atom. The maximum absolute atomic E-state index is 10.3. The molecule has 56 valence electrons. The molecule has 0 fully saturated rings. The summed E-state index contributed by atoms with van der Waals surface area (Å²) in [4.78, 5) is 16.8. The molecule has 9 heavy (non-hydrogen) atoms. The molecule has 0 bridgehead atoms. The first-order valence-electron chi connectivity index (χ1n) is 2.69. The van der Waals surface area contributed by atoms with Gasteiger partial charge in [0, 0.05) is 5.25 Å². The van der Waals surface area contributed by atoms with Crippen molar-refractivity contribution in [3.05, 3.63) is 0 Å². The van der Waals surface area contributed by atoms with Crippen LogP contribution in [0.4, 0.5) is 0 Å². The van der Waals surface area contributed by atoms with Crippen LogP contribution in [-0.2, 0) is 4.57 Å². The highest BCUT2D eigenvalue weighted by Crippen LogP contribution is 2.52. The average molecular weight is 170 g/mol. The Kier molecular flexibility index (Phi) is 3.82. The molecule has 1 atom stereocenters. The van der Waals surface area contributed by atoms with E-state index in [2.05, 4.69) is 0 Å². The Balaban J connectivity index is 3.60. The van der Waals surface area contributed by atoms with E-state index in [0.717, 1.165) is 17.8 Å². The van der Waals surface area contributed by atoms with Gasteiger partial charge in [-0.15, -0.1) is 0 Å². The lowest BCUT2D eigenvalue weighted by molar-refractivity contribution is 0.396. The SMILES string of the molecule is CCC(C)SP(=O)(O)O. The molecule has 0 aromatic carbocycles. The maximum Gasteiger partial charge on any atom is 0.384 e. The van der Waals surface area contributed by atoms with Crippen LogP contribution in [0, 0.1) is 0 Å². The van der Waals surface area contributed by atoms with Crippen molar-refractivity contribution < 1.29 is 14.4 Å². The van der Waals surface area contributed by atoms with Gasteiger partial charge in [-0.1, -0.05) is 13.8 Å². The van der Waals surface area contributed by atoms with Gasteiger partial charge in [-0.3, -0.25) is 0 Å². The molecule has 5 heteroatoms. The molecule has 0 aromatic rings. The monoisotopic (exact) mass is 170 g/mol. The minimum absolute atomic E-state index is 0.0471. The highest BCUT2D eigenvalue weighted by molar-refractivity contribution is 8.54. The molecule has 0 saturated heterocycles. The lowest BCUT2D eigenvalue weighted by Gasteiger charge is -2.07. The standard InChI is InChI=1S/C4H11O3PS/c1-3-4(2)9-8(5,6)7/h4H,3H2,1-2H3,(H2,5,6,7). The molecule has 0 aliphatic rings. The van der Waals surface area contributed by atoms with E-state index in [-0.39, 0.29) is 5.25 Å². The molecular formula is C4H11O3PS. The van der Waals surface area contributed by atoms with Crippen LogP contribution in [0.25, 0.3) is 0 Å². The summed E-state index contributed by atoms with van der Waals surface area (Å²) in [5.74, 6) is 0. The van der Waals surface area contributed by atoms with E-state index < -0.39 is 6.80 Å². The van der Waals surface area contributed by atoms with Crippen molar-refractivity contribution in [3.63, 3.8) is 0 Å². The second kappa shape index (κ2) is 3.62. The molecule has 0 radical (unpaired) electrons. The van der Waals surface area contributed by atoms with Gasteiger partial charge < -0.3 is 9.79 Å². The van der Waals surface area contributed by atoms with Crippen molar-refractivity contribution in [1.29, 1.82) is 0 Å². The summed E-state index contributed by atoms with van der Waals surface area (Å²) in [7, 11) is 0. The van der Waals surface area contributed by atoms with Crippen LogP contribution in [0.5, 0.6) is 0 Å². The van der Waals surface area contributed by atoms with Gasteiger partial charge in [-0.05, 0) is 17.8 Å². The molecule has 0 saturated carbocycles. The normalized spacial score (nSPS) is 15.6. The second-order valence-corrected chi connectivity index (χ2v) is 5.87. The van der Waals surface area contributed by atoms with Crippen LogP contribution in [-0.4, -0.2) is 15.0 Å². The zero-order valence-corrected chi connectivity index (χ0v) is 7.15. The molecule has 0 aliphatic heterocycles. The first-order chi connectivity index (χ1) is 3.95. The van der Waals surface area contributed by atoms with Gasteiger partial charge in [0.05, 0.1) is 0 Å². The molecule has 0 rings (SSSR count). The first-order valence-corrected chi connectivity index (χ1v) is 5.79. The molecule has 0 heterocycles. The molecule has 0 spiro atoms. The fourth-order valence-electron chi connectivity index (χ4n) is 0.309. The molecule has 1 unspecified atom stereocenters. The van der Waals surface area contributed by atoms with Crippen molar-refractivity contribution in [1.82, 2.24) is 0 Å². The van der Waals surface area contributed by atoms with E-state index >= 15 is 0 Å². The predicted octanol–water partition coefficient (Wildman–Crippen LogP) is 1.61. The summed E-state index contributed by atoms with van der Waals surface area (Å²) < 4.78 is 10.3. The number of hydrogen-bond acceptors (Lipinski definition) is 2. The third kappa shape index (κ3) is 6.38. The zero-order chi connectivity index (χ0) is 7.49. The van der Waals surface area contributed by atoms with Gasteiger partial charge in [0.25, 0.3) is 0 Å². The Morgan fingerprint density at radius 3 is 2.22 bits per heavy atom. The molecule has 2 N–H and O–H groups in total. The quantitative estimate of drug-likeness (QED) is 0.632. The van der Waals surface area contributed by atoms with Gasteiger partial charge in [-0.25, -0.2) is 4.57 Å². The van der Waals surface area contributed by atoms with Crippen molar-refractivity contribution >= 4 is 18.2 Å². The molecule has 0 amide bonds. The summed E-state index contributed by atoms with van der Waals surface area (Å²) in [6, 6.07) is 0. The Hall–Kier alpha value is 0.500. The molecule has 3 nitrogen and oxygen atoms in total. The van der Waals surface area contributed by atoms with Crippen LogP contribution < -0.4 is 0 Å². The van der Waals surface area contributed by atoms with Gasteiger partial charge in [0.2, 0.25) is 0 Å². The lowest BCUT2D eigenvalue weighted by Crippen LogP contribution is -1.90. The maximum atomic E-state index is 10.3. The number of rotatable bonds is 3. The Bertz CT molecular complexity index is 121. The van der Waals surface area contributed by atoms with E-state index in [9.17, 15) is 4.57 Å². The van der Waals surface area contributed by atoms with Gasteiger partial charge >= 0.3 is 6.80 Å². The van der Waals surface area contributed by atoms with E-state index in [4.69, 9.17) is 9.79 Å². The third-order valence-electron chi connectivity index (χ3n) is 0.892. The average Bonchev–Trinajstić information content (AvgIpc) is 1.62. The lowest BCUT2D eigenvalue weighted by atomic mass is 10.4. The van der Waals surface area contributed by atoms with Crippen molar-refractivity contribution in [2.45, 2.75) is 25.5 Å². The highest BCUT2D eigenvalue weighted by atomic mass is 32.7. The fraction of sp³-hybridized carbons (Fsp3) is 1.00. The summed E-state index contributed by atoms with van der Waals surface area (Å²) in [5, 5.41) is 0.0471. The van der Waals surface area contributed by atoms with Gasteiger partial charge in [0.15, 0.2) is 0 Å². The van der Waals surface area contributed by atoms with Crippen molar-refractivity contribution in [3.8, 4) is 0 Å². The summed E-state index contributed by atoms with van der Waals surface area (Å²) in [6.45, 7) is -0.130. The summed E-state index contributed by atoms with van der Waals surface area (Å²) in [5.41, 5.74) is 0. The Labute approximate surface area is 58.8 Å². The van der Waals surface area contributed by atoms with E-state index in [1.165, 1.54) is 0 Å². The van der Waals surface area contributed by atoms with E-state index in [0.29, 0.717) is 0 Å². The minimum Gasteiger partial charge on any atom is -0.317 e. The summed E-state index contributed by atoms with van der Waals surface area (Å²) in [6.07, 6.45) is 0.787. The largest absolute Gasteiger partial charge is 0.384 e. The molecule has 0 aliphatic carbocycles. The summed E-state index contributed by atoms with van der Waals surface area (Å²) >= 11 is 0.723. The van der Waals surface area contributed by atoms with Crippen molar-refractivity contribution in [2.75, 3.05) is 0 Å². The number of hydrogen-bond donors (Lipinski definition) is 2. The van der Waals surface area contributed by atoms with Crippen LogP contribution in [0.15, 0.2) is 0 Å². The fourth-order valence-corrected chi connectivity index (χ4v) is 2.78. The zero-order valence-electron chi connectivity index (χ0n) is 5.44. The van der Waals surface area contributed by atoms with Crippen LogP contribution in [0.2, 0.25) is 0 Å². The van der Waals surface area contributed by atoms with Crippen molar-refractivity contribution in [2.24, 2.45) is 0 Å². The van der Waals surface area contributed by atoms with Crippen LogP contribution in [0.3, 0.4) is 0 Å². The highest BCUT2D eigenvalue weighted by Gasteiger charge is 2.17. The smallest absolute Gasteiger partial charge is 0.317 e. The van der Waals surface area contributed by atoms with E-state index in [1.54, 1.807) is 6.92 Å². The third-order valence-corrected chi connectivity index (χ3v) is 3.76. The van der Waals surface area contributed by atoms with Gasteiger partial charge in [-0.2, -0.15) is 0 Å².